The second-order valence-electron chi connectivity index (χ2n) is 14.4. The number of rotatable bonds is 38. The van der Waals surface area contributed by atoms with Crippen LogP contribution in [-0.2, 0) is 19.1 Å². The smallest absolute Gasteiger partial charge is 0.326 e. The summed E-state index contributed by atoms with van der Waals surface area (Å²) in [6, 6.07) is -0.863. The van der Waals surface area contributed by atoms with Crippen LogP contribution in [0.15, 0.2) is 85.1 Å². The Labute approximate surface area is 336 Å². The average Bonchev–Trinajstić information content (AvgIpc) is 3.17. The van der Waals surface area contributed by atoms with E-state index in [0.29, 0.717) is 32.2 Å². The number of nitrogens with two attached hydrogens (primary N) is 1. The molecule has 0 heterocycles. The molecular formula is C48H80N2O5. The number of carbonyl (C=O) groups excluding carboxylic acids is 2. The first-order valence-corrected chi connectivity index (χ1v) is 21.9. The third-order valence-electron chi connectivity index (χ3n) is 9.22. The maximum atomic E-state index is 12.7. The summed E-state index contributed by atoms with van der Waals surface area (Å²) < 4.78 is 5.97. The number of nitrogens with one attached hydrogen (secondary N) is 1. The van der Waals surface area contributed by atoms with Crippen molar-refractivity contribution in [3.8, 4) is 0 Å². The molecule has 2 unspecified atom stereocenters. The van der Waals surface area contributed by atoms with Gasteiger partial charge in [-0.1, -0.05) is 150 Å². The molecule has 2 atom stereocenters. The van der Waals surface area contributed by atoms with Crippen LogP contribution in [-0.4, -0.2) is 41.6 Å². The number of carboxylic acids is 1. The van der Waals surface area contributed by atoms with Crippen molar-refractivity contribution in [3.05, 3.63) is 85.1 Å². The monoisotopic (exact) mass is 765 g/mol. The van der Waals surface area contributed by atoms with E-state index in [4.69, 9.17) is 10.5 Å². The number of carbonyl (C=O) groups is 3. The fraction of sp³-hybridized carbons (Fsp3) is 0.646. The summed E-state index contributed by atoms with van der Waals surface area (Å²) in [5, 5.41) is 11.9. The summed E-state index contributed by atoms with van der Waals surface area (Å²) in [5.74, 6) is -1.31. The van der Waals surface area contributed by atoms with Crippen LogP contribution in [0.5, 0.6) is 0 Å². The molecule has 1 amide bonds. The van der Waals surface area contributed by atoms with E-state index in [1.165, 1.54) is 32.1 Å². The van der Waals surface area contributed by atoms with E-state index in [1.807, 2.05) is 0 Å². The van der Waals surface area contributed by atoms with Crippen molar-refractivity contribution in [1.29, 1.82) is 0 Å². The molecule has 0 bridgehead atoms. The summed E-state index contributed by atoms with van der Waals surface area (Å²) in [6.07, 6.45) is 55.0. The number of aliphatic carboxylic acids is 1. The van der Waals surface area contributed by atoms with Crippen LogP contribution in [0.1, 0.15) is 181 Å². The average molecular weight is 765 g/mol. The lowest BCUT2D eigenvalue weighted by molar-refractivity contribution is -0.150. The third-order valence-corrected chi connectivity index (χ3v) is 9.22. The Morgan fingerprint density at radius 1 is 0.545 bits per heavy atom. The largest absolute Gasteiger partial charge is 0.480 e. The molecule has 7 heteroatoms. The van der Waals surface area contributed by atoms with Crippen molar-refractivity contribution in [2.75, 3.05) is 6.54 Å². The van der Waals surface area contributed by atoms with Gasteiger partial charge in [-0.15, -0.1) is 0 Å². The van der Waals surface area contributed by atoms with Crippen molar-refractivity contribution in [3.63, 3.8) is 0 Å². The van der Waals surface area contributed by atoms with Gasteiger partial charge in [0, 0.05) is 12.8 Å². The minimum atomic E-state index is -1.01. The number of hydrogen-bond acceptors (Lipinski definition) is 5. The Morgan fingerprint density at radius 2 is 1.00 bits per heavy atom. The Balaban J connectivity index is 4.22. The van der Waals surface area contributed by atoms with Crippen LogP contribution in [0.2, 0.25) is 0 Å². The van der Waals surface area contributed by atoms with Crippen molar-refractivity contribution in [1.82, 2.24) is 5.32 Å². The number of hydrogen-bond donors (Lipinski definition) is 3. The molecule has 0 aliphatic rings. The molecule has 0 aliphatic carbocycles. The van der Waals surface area contributed by atoms with Gasteiger partial charge in [0.05, 0.1) is 0 Å². The topological polar surface area (TPSA) is 119 Å². The lowest BCUT2D eigenvalue weighted by Crippen LogP contribution is -2.40. The minimum Gasteiger partial charge on any atom is -0.480 e. The highest BCUT2D eigenvalue weighted by Gasteiger charge is 2.19. The number of allylic oxidation sites excluding steroid dienone is 14. The van der Waals surface area contributed by atoms with E-state index in [0.717, 1.165) is 109 Å². The molecule has 0 aliphatic heterocycles. The van der Waals surface area contributed by atoms with Gasteiger partial charge in [0.1, 0.15) is 12.1 Å². The van der Waals surface area contributed by atoms with Crippen molar-refractivity contribution >= 4 is 17.8 Å². The molecule has 0 rings (SSSR count). The van der Waals surface area contributed by atoms with Crippen molar-refractivity contribution < 1.29 is 24.2 Å². The minimum absolute atomic E-state index is 0.0189. The molecule has 0 saturated heterocycles. The predicted octanol–water partition coefficient (Wildman–Crippen LogP) is 12.5. The molecule has 55 heavy (non-hydrogen) atoms. The standard InChI is InChI=1S/C48H80N2O5/c1-3-5-7-9-11-12-13-14-15-16-17-18-19-20-21-22-23-24-25-26-27-32-36-42-47(52)55-44(38-33-29-10-8-6-4-2)39-34-30-28-31-35-41-46(51)50-45(48(53)54)40-37-43-49/h5,7,11-12,14-15,17-18,20-21,23-24,26-27,44-45H,3-4,6,8-10,13,16,19,22,25,28-43,49H2,1-2H3,(H,50,51)(H,53,54)/b7-5-,12-11-,15-14-,18-17-,21-20-,24-23-,27-26-. The van der Waals surface area contributed by atoms with E-state index in [1.54, 1.807) is 0 Å². The van der Waals surface area contributed by atoms with Gasteiger partial charge < -0.3 is 20.9 Å². The van der Waals surface area contributed by atoms with E-state index in [-0.39, 0.29) is 18.0 Å². The maximum absolute atomic E-state index is 12.7. The number of esters is 1. The van der Waals surface area contributed by atoms with E-state index < -0.39 is 12.0 Å². The first kappa shape index (κ1) is 51.5. The van der Waals surface area contributed by atoms with Gasteiger partial charge in [-0.2, -0.15) is 0 Å². The van der Waals surface area contributed by atoms with Crippen molar-refractivity contribution in [2.24, 2.45) is 5.73 Å². The molecule has 0 fully saturated rings. The van der Waals surface area contributed by atoms with E-state index >= 15 is 0 Å². The van der Waals surface area contributed by atoms with Gasteiger partial charge in [0.2, 0.25) is 5.91 Å². The van der Waals surface area contributed by atoms with Crippen LogP contribution in [0.25, 0.3) is 0 Å². The summed E-state index contributed by atoms with van der Waals surface area (Å²) >= 11 is 0. The van der Waals surface area contributed by atoms with Crippen LogP contribution >= 0.6 is 0 Å². The van der Waals surface area contributed by atoms with Crippen LogP contribution in [0, 0.1) is 0 Å². The zero-order chi connectivity index (χ0) is 40.3. The second kappa shape index (κ2) is 41.7. The van der Waals surface area contributed by atoms with Gasteiger partial charge in [0.25, 0.3) is 0 Å². The number of amides is 1. The summed E-state index contributed by atoms with van der Waals surface area (Å²) in [4.78, 5) is 36.2. The fourth-order valence-electron chi connectivity index (χ4n) is 5.97. The fourth-order valence-corrected chi connectivity index (χ4v) is 5.97. The molecule has 0 aromatic rings. The number of unbranched alkanes of at least 4 members (excludes halogenated alkanes) is 10. The Morgan fingerprint density at radius 3 is 1.47 bits per heavy atom. The van der Waals surface area contributed by atoms with Gasteiger partial charge in [0.15, 0.2) is 0 Å². The molecule has 0 aromatic heterocycles. The summed E-state index contributed by atoms with van der Waals surface area (Å²) in [5.41, 5.74) is 5.47. The molecule has 0 aromatic carbocycles. The van der Waals surface area contributed by atoms with Gasteiger partial charge in [-0.05, 0) is 109 Å². The molecular weight excluding hydrogens is 685 g/mol. The highest BCUT2D eigenvalue weighted by atomic mass is 16.5. The van der Waals surface area contributed by atoms with Crippen LogP contribution in [0.3, 0.4) is 0 Å². The van der Waals surface area contributed by atoms with Gasteiger partial charge in [-0.25, -0.2) is 4.79 Å². The predicted molar refractivity (Wildman–Crippen MR) is 234 cm³/mol. The Kier molecular flexibility index (Phi) is 39.1. The molecule has 7 nitrogen and oxygen atoms in total. The third kappa shape index (κ3) is 38.6. The normalized spacial score (nSPS) is 13.5. The molecule has 312 valence electrons. The molecule has 0 saturated carbocycles. The molecule has 0 radical (unpaired) electrons. The second-order valence-corrected chi connectivity index (χ2v) is 14.4. The van der Waals surface area contributed by atoms with Gasteiger partial charge >= 0.3 is 11.9 Å². The zero-order valence-corrected chi connectivity index (χ0v) is 35.0. The summed E-state index contributed by atoms with van der Waals surface area (Å²) in [7, 11) is 0. The summed E-state index contributed by atoms with van der Waals surface area (Å²) in [6.45, 7) is 4.79. The van der Waals surface area contributed by atoms with Crippen molar-refractivity contribution in [2.45, 2.75) is 193 Å². The number of carboxylic acid groups (broad SMARTS) is 1. The quantitative estimate of drug-likeness (QED) is 0.0327. The maximum Gasteiger partial charge on any atom is 0.326 e. The van der Waals surface area contributed by atoms with Crippen LogP contribution in [0.4, 0.5) is 0 Å². The highest BCUT2D eigenvalue weighted by Crippen LogP contribution is 2.18. The lowest BCUT2D eigenvalue weighted by atomic mass is 10.0. The van der Waals surface area contributed by atoms with E-state index in [2.05, 4.69) is 104 Å². The molecule has 4 N–H and O–H groups in total. The first-order valence-electron chi connectivity index (χ1n) is 21.9. The van der Waals surface area contributed by atoms with Crippen LogP contribution < -0.4 is 11.1 Å². The van der Waals surface area contributed by atoms with Gasteiger partial charge in [-0.3, -0.25) is 9.59 Å². The Hall–Kier alpha value is -3.45. The molecule has 0 spiro atoms. The SMILES string of the molecule is CC/C=C\C/C=C\C/C=C\C/C=C\C/C=C\C/C=C\C/C=C\CCCC(=O)OC(CCCCCCCC)CCCCCCCC(=O)NC(CCCN)C(=O)O. The van der Waals surface area contributed by atoms with E-state index in [9.17, 15) is 19.5 Å². The number of ether oxygens (including phenoxy) is 1. The first-order chi connectivity index (χ1) is 26.9. The Bertz CT molecular complexity index is 1130. The lowest BCUT2D eigenvalue weighted by Gasteiger charge is -2.18. The zero-order valence-electron chi connectivity index (χ0n) is 35.0. The highest BCUT2D eigenvalue weighted by molar-refractivity contribution is 5.83.